The fraction of sp³-hybridized carbons (Fsp3) is 0.500. The van der Waals surface area contributed by atoms with Gasteiger partial charge >= 0.3 is 5.97 Å². The molecule has 3 aromatic carbocycles. The third-order valence-corrected chi connectivity index (χ3v) is 11.2. The number of nitrogens with zero attached hydrogens (tertiary/aromatic N) is 1. The summed E-state index contributed by atoms with van der Waals surface area (Å²) >= 11 is 0. The summed E-state index contributed by atoms with van der Waals surface area (Å²) in [5, 5.41) is 0. The molecule has 3 atom stereocenters. The minimum Gasteiger partial charge on any atom is -0.493 e. The third kappa shape index (κ3) is 12.2. The Labute approximate surface area is 350 Å². The molecule has 2 fully saturated rings. The SMILES string of the molecule is C=CCOCCCOc1c(OC)cc([C@@H](C(=O)N2CCCC[C@@H]2C(=O)O[C@@H](CCc2ccc(OC)c(OC)c2)c2cccc(OCC=C)c2)C2CCCCC2)cc1OC. The number of benzene rings is 3. The Balaban J connectivity index is 1.42. The number of hydrogen-bond donors (Lipinski definition) is 0. The van der Waals surface area contributed by atoms with Gasteiger partial charge in [-0.2, -0.15) is 0 Å². The minimum absolute atomic E-state index is 0.0719. The molecule has 5 rings (SSSR count). The van der Waals surface area contributed by atoms with Crippen LogP contribution in [-0.4, -0.2) is 84.2 Å². The Morgan fingerprint density at radius 3 is 2.15 bits per heavy atom. The van der Waals surface area contributed by atoms with Gasteiger partial charge in [-0.3, -0.25) is 4.79 Å². The van der Waals surface area contributed by atoms with Crippen molar-refractivity contribution in [2.24, 2.45) is 5.92 Å². The van der Waals surface area contributed by atoms with Crippen molar-refractivity contribution in [2.75, 3.05) is 61.4 Å². The fourth-order valence-corrected chi connectivity index (χ4v) is 8.23. The molecule has 0 bridgehead atoms. The summed E-state index contributed by atoms with van der Waals surface area (Å²) in [4.78, 5) is 31.5. The van der Waals surface area contributed by atoms with E-state index >= 15 is 4.79 Å². The number of aryl methyl sites for hydroxylation is 1. The molecule has 0 aromatic heterocycles. The van der Waals surface area contributed by atoms with Crippen LogP contribution in [0.15, 0.2) is 79.9 Å². The number of hydrogen-bond acceptors (Lipinski definition) is 10. The van der Waals surface area contributed by atoms with E-state index in [0.717, 1.165) is 61.6 Å². The lowest BCUT2D eigenvalue weighted by Crippen LogP contribution is -2.51. The summed E-state index contributed by atoms with van der Waals surface area (Å²) in [5.74, 6) is 2.49. The molecule has 1 aliphatic heterocycles. The van der Waals surface area contributed by atoms with Crippen LogP contribution in [0, 0.1) is 5.92 Å². The van der Waals surface area contributed by atoms with Crippen molar-refractivity contribution in [1.82, 2.24) is 4.90 Å². The number of rotatable bonds is 23. The highest BCUT2D eigenvalue weighted by molar-refractivity contribution is 5.89. The second-order valence-corrected chi connectivity index (χ2v) is 15.1. The average Bonchev–Trinajstić information content (AvgIpc) is 3.28. The van der Waals surface area contributed by atoms with Gasteiger partial charge in [0, 0.05) is 13.0 Å². The van der Waals surface area contributed by atoms with Crippen molar-refractivity contribution in [2.45, 2.75) is 88.7 Å². The first-order chi connectivity index (χ1) is 28.8. The molecular weight excluding hydrogens is 751 g/mol. The fourth-order valence-electron chi connectivity index (χ4n) is 8.23. The smallest absolute Gasteiger partial charge is 0.329 e. The molecule has 1 aliphatic carbocycles. The number of likely N-dealkylation sites (tertiary alicyclic amines) is 1. The summed E-state index contributed by atoms with van der Waals surface area (Å²) < 4.78 is 46.8. The van der Waals surface area contributed by atoms with Crippen LogP contribution in [0.25, 0.3) is 0 Å². The first-order valence-corrected chi connectivity index (χ1v) is 21.0. The van der Waals surface area contributed by atoms with Gasteiger partial charge in [0.25, 0.3) is 0 Å². The molecule has 11 nitrogen and oxygen atoms in total. The molecule has 0 spiro atoms. The van der Waals surface area contributed by atoms with Crippen molar-refractivity contribution in [3.8, 4) is 34.5 Å². The first-order valence-electron chi connectivity index (χ1n) is 21.0. The largest absolute Gasteiger partial charge is 0.493 e. The summed E-state index contributed by atoms with van der Waals surface area (Å²) in [5.41, 5.74) is 2.60. The van der Waals surface area contributed by atoms with Crippen LogP contribution in [0.2, 0.25) is 0 Å². The Morgan fingerprint density at radius 2 is 1.46 bits per heavy atom. The third-order valence-electron chi connectivity index (χ3n) is 11.2. The minimum atomic E-state index is -0.735. The van der Waals surface area contributed by atoms with E-state index in [-0.39, 0.29) is 11.8 Å². The highest BCUT2D eigenvalue weighted by atomic mass is 16.6. The van der Waals surface area contributed by atoms with Crippen molar-refractivity contribution >= 4 is 11.9 Å². The summed E-state index contributed by atoms with van der Waals surface area (Å²) in [6.07, 6.45) is 11.7. The van der Waals surface area contributed by atoms with Crippen LogP contribution in [0.1, 0.15) is 92.9 Å². The van der Waals surface area contributed by atoms with Crippen LogP contribution in [0.4, 0.5) is 0 Å². The van der Waals surface area contributed by atoms with E-state index in [0.29, 0.717) is 93.2 Å². The molecule has 0 radical (unpaired) electrons. The van der Waals surface area contributed by atoms with Gasteiger partial charge in [0.1, 0.15) is 24.5 Å². The lowest BCUT2D eigenvalue weighted by atomic mass is 9.75. The van der Waals surface area contributed by atoms with Gasteiger partial charge in [0.05, 0.1) is 54.2 Å². The monoisotopic (exact) mass is 813 g/mol. The molecule has 1 heterocycles. The number of carbonyl (C=O) groups excluding carboxylic acids is 2. The zero-order chi connectivity index (χ0) is 42.0. The highest BCUT2D eigenvalue weighted by Crippen LogP contribution is 2.45. The molecule has 1 saturated heterocycles. The molecule has 320 valence electrons. The van der Waals surface area contributed by atoms with E-state index in [1.54, 1.807) is 45.5 Å². The maximum atomic E-state index is 15.2. The molecule has 59 heavy (non-hydrogen) atoms. The molecule has 0 N–H and O–H groups in total. The van der Waals surface area contributed by atoms with Crippen molar-refractivity contribution in [3.05, 3.63) is 96.6 Å². The Morgan fingerprint density at radius 1 is 0.746 bits per heavy atom. The van der Waals surface area contributed by atoms with Crippen LogP contribution in [0.3, 0.4) is 0 Å². The van der Waals surface area contributed by atoms with E-state index < -0.39 is 24.0 Å². The maximum absolute atomic E-state index is 15.2. The predicted octanol–water partition coefficient (Wildman–Crippen LogP) is 9.22. The van der Waals surface area contributed by atoms with Gasteiger partial charge < -0.3 is 42.8 Å². The molecule has 2 aliphatic rings. The summed E-state index contributed by atoms with van der Waals surface area (Å²) in [7, 11) is 6.40. The Kier molecular flexibility index (Phi) is 17.8. The maximum Gasteiger partial charge on any atom is 0.329 e. The second kappa shape index (κ2) is 23.4. The zero-order valence-corrected chi connectivity index (χ0v) is 35.4. The predicted molar refractivity (Wildman–Crippen MR) is 228 cm³/mol. The number of amides is 1. The summed E-state index contributed by atoms with van der Waals surface area (Å²) in [6.45, 7) is 9.67. The highest BCUT2D eigenvalue weighted by Gasteiger charge is 2.41. The van der Waals surface area contributed by atoms with E-state index in [4.69, 9.17) is 37.9 Å². The van der Waals surface area contributed by atoms with E-state index in [2.05, 4.69) is 13.2 Å². The Hall–Kier alpha value is -5.16. The standard InChI is InChI=1S/C48H63NO10/c1-7-26-56-28-15-29-58-46-43(54-5)32-37(33-44(46)55-6)45(35-16-10-9-11-17-35)47(50)49-25-13-12-20-39(49)48(51)59-40(36-18-14-19-38(31-36)57-27-8-2)23-21-34-22-24-41(52-3)42(30-34)53-4/h7-8,14,18-19,22,24,30-33,35,39-40,45H,1-2,9-13,15-17,20-21,23,25-29H2,3-6H3/t39-,40+,45+/m1/s1. The lowest BCUT2D eigenvalue weighted by molar-refractivity contribution is -0.163. The molecule has 0 unspecified atom stereocenters. The molecule has 1 saturated carbocycles. The van der Waals surface area contributed by atoms with Crippen LogP contribution < -0.4 is 28.4 Å². The van der Waals surface area contributed by atoms with Gasteiger partial charge in [-0.05, 0) is 104 Å². The Bertz CT molecular complexity index is 1800. The van der Waals surface area contributed by atoms with Crippen LogP contribution in [-0.2, 0) is 25.5 Å². The van der Waals surface area contributed by atoms with Crippen molar-refractivity contribution in [1.29, 1.82) is 0 Å². The van der Waals surface area contributed by atoms with Gasteiger partial charge in [0.15, 0.2) is 23.0 Å². The van der Waals surface area contributed by atoms with E-state index in [9.17, 15) is 4.79 Å². The second-order valence-electron chi connectivity index (χ2n) is 15.1. The van der Waals surface area contributed by atoms with Gasteiger partial charge in [-0.25, -0.2) is 4.79 Å². The number of carbonyl (C=O) groups is 2. The number of methoxy groups -OCH3 is 4. The molecule has 11 heteroatoms. The quantitative estimate of drug-likeness (QED) is 0.0522. The molecular formula is C48H63NO10. The molecule has 1 amide bonds. The zero-order valence-electron chi connectivity index (χ0n) is 35.4. The topological polar surface area (TPSA) is 111 Å². The van der Waals surface area contributed by atoms with Gasteiger partial charge in [-0.1, -0.05) is 56.2 Å². The van der Waals surface area contributed by atoms with Crippen LogP contribution >= 0.6 is 0 Å². The molecule has 3 aromatic rings. The van der Waals surface area contributed by atoms with Crippen molar-refractivity contribution < 1.29 is 47.5 Å². The van der Waals surface area contributed by atoms with Gasteiger partial charge in [0.2, 0.25) is 11.7 Å². The lowest BCUT2D eigenvalue weighted by Gasteiger charge is -2.40. The normalized spacial score (nSPS) is 16.6. The number of ether oxygens (including phenoxy) is 8. The number of esters is 1. The van der Waals surface area contributed by atoms with Gasteiger partial charge in [-0.15, -0.1) is 6.58 Å². The van der Waals surface area contributed by atoms with Crippen LogP contribution in [0.5, 0.6) is 34.5 Å². The van der Waals surface area contributed by atoms with E-state index in [1.807, 2.05) is 54.6 Å². The van der Waals surface area contributed by atoms with Crippen molar-refractivity contribution in [3.63, 3.8) is 0 Å². The first kappa shape index (κ1) is 44.9. The average molecular weight is 814 g/mol. The van der Waals surface area contributed by atoms with E-state index in [1.165, 1.54) is 0 Å². The summed E-state index contributed by atoms with van der Waals surface area (Å²) in [6, 6.07) is 16.5. The number of piperidine rings is 1.